The van der Waals surface area contributed by atoms with Crippen LogP contribution in [0.5, 0.6) is 0 Å². The van der Waals surface area contributed by atoms with Gasteiger partial charge in [0.25, 0.3) is 0 Å². The van der Waals surface area contributed by atoms with Crippen molar-refractivity contribution in [2.45, 2.75) is 64.2 Å². The lowest BCUT2D eigenvalue weighted by Gasteiger charge is -2.38. The van der Waals surface area contributed by atoms with Crippen molar-refractivity contribution in [3.05, 3.63) is 0 Å². The van der Waals surface area contributed by atoms with Crippen LogP contribution in [-0.2, 0) is 4.74 Å². The van der Waals surface area contributed by atoms with E-state index in [1.807, 2.05) is 0 Å². The summed E-state index contributed by atoms with van der Waals surface area (Å²) in [6, 6.07) is 0. The summed E-state index contributed by atoms with van der Waals surface area (Å²) >= 11 is 0. The number of nitrogens with one attached hydrogen (secondary N) is 1. The number of aliphatic hydroxyl groups is 1. The van der Waals surface area contributed by atoms with Gasteiger partial charge in [-0.3, -0.25) is 4.90 Å². The predicted octanol–water partition coefficient (Wildman–Crippen LogP) is 1.63. The van der Waals surface area contributed by atoms with E-state index in [1.165, 1.54) is 19.3 Å². The average molecular weight is 284 g/mol. The van der Waals surface area contributed by atoms with E-state index in [0.29, 0.717) is 18.1 Å². The second-order valence-corrected chi connectivity index (χ2v) is 6.74. The molecule has 0 aromatic rings. The monoisotopic (exact) mass is 284 g/mol. The first kappa shape index (κ1) is 16.2. The van der Waals surface area contributed by atoms with Crippen molar-refractivity contribution in [2.75, 3.05) is 32.8 Å². The van der Waals surface area contributed by atoms with Gasteiger partial charge in [-0.2, -0.15) is 0 Å². The molecule has 2 fully saturated rings. The van der Waals surface area contributed by atoms with Gasteiger partial charge < -0.3 is 15.2 Å². The molecule has 1 aliphatic heterocycles. The van der Waals surface area contributed by atoms with Crippen LogP contribution in [0.1, 0.15) is 46.5 Å². The number of aliphatic hydroxyl groups excluding tert-OH is 1. The molecule has 4 atom stereocenters. The van der Waals surface area contributed by atoms with Crippen molar-refractivity contribution >= 4 is 0 Å². The van der Waals surface area contributed by atoms with E-state index in [2.05, 4.69) is 31.0 Å². The van der Waals surface area contributed by atoms with Gasteiger partial charge in [-0.1, -0.05) is 13.3 Å². The largest absolute Gasteiger partial charge is 0.394 e. The minimum atomic E-state index is -0.0156. The molecule has 2 rings (SSSR count). The average Bonchev–Trinajstić information content (AvgIpc) is 2.79. The fourth-order valence-electron chi connectivity index (χ4n) is 4.22. The van der Waals surface area contributed by atoms with Crippen LogP contribution in [0.25, 0.3) is 0 Å². The second-order valence-electron chi connectivity index (χ2n) is 6.74. The summed E-state index contributed by atoms with van der Waals surface area (Å²) in [5.74, 6) is 0.612. The molecule has 2 unspecified atom stereocenters. The highest BCUT2D eigenvalue weighted by molar-refractivity contribution is 4.99. The Morgan fingerprint density at radius 1 is 1.30 bits per heavy atom. The zero-order valence-electron chi connectivity index (χ0n) is 13.4. The molecule has 2 N–H and O–H groups in total. The fraction of sp³-hybridized carbons (Fsp3) is 1.00. The first-order valence-electron chi connectivity index (χ1n) is 8.33. The number of hydrogen-bond acceptors (Lipinski definition) is 4. The van der Waals surface area contributed by atoms with Crippen molar-refractivity contribution in [3.8, 4) is 0 Å². The van der Waals surface area contributed by atoms with Gasteiger partial charge >= 0.3 is 0 Å². The molecule has 4 nitrogen and oxygen atoms in total. The summed E-state index contributed by atoms with van der Waals surface area (Å²) in [5.41, 5.74) is -0.0156. The molecule has 0 aromatic heterocycles. The Morgan fingerprint density at radius 3 is 2.60 bits per heavy atom. The first-order valence-corrected chi connectivity index (χ1v) is 8.33. The number of ether oxygens (including phenoxy) is 1. The van der Waals surface area contributed by atoms with E-state index < -0.39 is 0 Å². The first-order chi connectivity index (χ1) is 9.59. The number of hydrogen-bond donors (Lipinski definition) is 2. The maximum atomic E-state index is 9.84. The Bertz CT molecular complexity index is 290. The molecule has 0 spiro atoms. The van der Waals surface area contributed by atoms with Crippen molar-refractivity contribution in [1.82, 2.24) is 10.2 Å². The molecular formula is C16H32N2O2. The van der Waals surface area contributed by atoms with Crippen LogP contribution >= 0.6 is 0 Å². The Kier molecular flexibility index (Phi) is 5.84. The minimum Gasteiger partial charge on any atom is -0.394 e. The van der Waals surface area contributed by atoms with Crippen LogP contribution < -0.4 is 5.32 Å². The quantitative estimate of drug-likeness (QED) is 0.778. The number of morpholine rings is 1. The summed E-state index contributed by atoms with van der Waals surface area (Å²) in [6.07, 6.45) is 5.50. The van der Waals surface area contributed by atoms with Crippen LogP contribution in [0.4, 0.5) is 0 Å². The molecule has 0 amide bonds. The van der Waals surface area contributed by atoms with Gasteiger partial charge in [-0.15, -0.1) is 0 Å². The number of likely N-dealkylation sites (N-methyl/N-ethyl adjacent to an activating group) is 1. The van der Waals surface area contributed by atoms with Crippen molar-refractivity contribution in [1.29, 1.82) is 0 Å². The summed E-state index contributed by atoms with van der Waals surface area (Å²) in [4.78, 5) is 2.53. The number of nitrogens with zero attached hydrogens (tertiary/aromatic N) is 1. The topological polar surface area (TPSA) is 44.7 Å². The van der Waals surface area contributed by atoms with Gasteiger partial charge in [0, 0.05) is 18.6 Å². The molecule has 118 valence electrons. The molecule has 0 aromatic carbocycles. The summed E-state index contributed by atoms with van der Waals surface area (Å²) in [7, 11) is 0. The maximum Gasteiger partial charge on any atom is 0.0678 e. The molecule has 1 heterocycles. The minimum absolute atomic E-state index is 0.0156. The van der Waals surface area contributed by atoms with Crippen LogP contribution in [0.15, 0.2) is 0 Å². The van der Waals surface area contributed by atoms with Crippen molar-refractivity contribution in [3.63, 3.8) is 0 Å². The maximum absolute atomic E-state index is 9.84. The molecule has 0 bridgehead atoms. The van der Waals surface area contributed by atoms with E-state index in [-0.39, 0.29) is 12.1 Å². The van der Waals surface area contributed by atoms with Crippen molar-refractivity contribution in [2.24, 2.45) is 5.92 Å². The van der Waals surface area contributed by atoms with E-state index in [0.717, 1.165) is 32.6 Å². The highest BCUT2D eigenvalue weighted by Gasteiger charge is 2.41. The number of rotatable bonds is 6. The lowest BCUT2D eigenvalue weighted by molar-refractivity contribution is -0.0697. The standard InChI is InChI=1S/C16H32N2O2/c1-4-17-16(12-19)8-5-6-15(16)7-9-18-10-13(2)20-14(3)11-18/h13-15,17,19H,4-12H2,1-3H3/t13-,14+,15?,16?. The van der Waals surface area contributed by atoms with Gasteiger partial charge in [-0.05, 0) is 52.1 Å². The Balaban J connectivity index is 1.86. The summed E-state index contributed by atoms with van der Waals surface area (Å²) < 4.78 is 5.79. The Morgan fingerprint density at radius 2 is 2.00 bits per heavy atom. The lowest BCUT2D eigenvalue weighted by atomic mass is 9.85. The third kappa shape index (κ3) is 3.73. The molecule has 1 saturated carbocycles. The van der Waals surface area contributed by atoms with E-state index in [1.54, 1.807) is 0 Å². The Labute approximate surface area is 123 Å². The van der Waals surface area contributed by atoms with E-state index in [4.69, 9.17) is 4.74 Å². The van der Waals surface area contributed by atoms with Crippen LogP contribution in [0, 0.1) is 5.92 Å². The molecule has 20 heavy (non-hydrogen) atoms. The Hall–Kier alpha value is -0.160. The van der Waals surface area contributed by atoms with Gasteiger partial charge in [0.05, 0.1) is 18.8 Å². The fourth-order valence-corrected chi connectivity index (χ4v) is 4.22. The third-order valence-corrected chi connectivity index (χ3v) is 5.06. The second kappa shape index (κ2) is 7.21. The molecule has 4 heteroatoms. The lowest BCUT2D eigenvalue weighted by Crippen LogP contribution is -2.52. The molecule has 1 saturated heterocycles. The van der Waals surface area contributed by atoms with Crippen LogP contribution in [-0.4, -0.2) is 60.5 Å². The third-order valence-electron chi connectivity index (χ3n) is 5.06. The van der Waals surface area contributed by atoms with Crippen LogP contribution in [0.2, 0.25) is 0 Å². The summed E-state index contributed by atoms with van der Waals surface area (Å²) in [5, 5.41) is 13.4. The van der Waals surface area contributed by atoms with Crippen LogP contribution in [0.3, 0.4) is 0 Å². The van der Waals surface area contributed by atoms with Gasteiger partial charge in [0.1, 0.15) is 0 Å². The van der Waals surface area contributed by atoms with Crippen molar-refractivity contribution < 1.29 is 9.84 Å². The molecular weight excluding hydrogens is 252 g/mol. The zero-order chi connectivity index (χ0) is 14.6. The smallest absolute Gasteiger partial charge is 0.0678 e. The van der Waals surface area contributed by atoms with Gasteiger partial charge in [0.2, 0.25) is 0 Å². The molecule has 2 aliphatic rings. The van der Waals surface area contributed by atoms with E-state index in [9.17, 15) is 5.11 Å². The SMILES string of the molecule is CCNC1(CO)CCCC1CCN1C[C@@H](C)O[C@@H](C)C1. The summed E-state index contributed by atoms with van der Waals surface area (Å²) in [6.45, 7) is 10.9. The molecule has 1 aliphatic carbocycles. The predicted molar refractivity (Wildman–Crippen MR) is 81.9 cm³/mol. The van der Waals surface area contributed by atoms with E-state index >= 15 is 0 Å². The van der Waals surface area contributed by atoms with Gasteiger partial charge in [-0.25, -0.2) is 0 Å². The normalized spacial score (nSPS) is 39.3. The molecule has 0 radical (unpaired) electrons. The highest BCUT2D eigenvalue weighted by atomic mass is 16.5. The zero-order valence-corrected chi connectivity index (χ0v) is 13.4. The van der Waals surface area contributed by atoms with Gasteiger partial charge in [0.15, 0.2) is 0 Å². The highest BCUT2D eigenvalue weighted by Crippen LogP contribution is 2.37.